The molecule has 0 amide bonds. The maximum absolute atomic E-state index is 12.8. The van der Waals surface area contributed by atoms with E-state index in [4.69, 9.17) is 5.73 Å². The second-order valence-electron chi connectivity index (χ2n) is 2.12. The van der Waals surface area contributed by atoms with Crippen LogP contribution in [-0.4, -0.2) is 11.5 Å². The molecular weight excluding hydrogens is 211 g/mol. The molecule has 1 aromatic heterocycles. The van der Waals surface area contributed by atoms with Crippen LogP contribution in [0.5, 0.6) is 0 Å². The van der Waals surface area contributed by atoms with Crippen molar-refractivity contribution in [2.24, 2.45) is 5.73 Å². The first-order valence-corrected chi connectivity index (χ1v) is 3.99. The van der Waals surface area contributed by atoms with Crippen molar-refractivity contribution in [3.63, 3.8) is 0 Å². The Hall–Kier alpha value is -0.480. The van der Waals surface area contributed by atoms with E-state index in [1.54, 1.807) is 12.1 Å². The van der Waals surface area contributed by atoms with Gasteiger partial charge in [-0.2, -0.15) is 0 Å². The first-order valence-electron chi connectivity index (χ1n) is 3.19. The fourth-order valence-electron chi connectivity index (χ4n) is 0.709. The van der Waals surface area contributed by atoms with E-state index >= 15 is 0 Å². The molecule has 1 aromatic rings. The molecule has 0 bridgehead atoms. The summed E-state index contributed by atoms with van der Waals surface area (Å²) in [5.74, 6) is 0. The Bertz CT molecular complexity index is 224. The average molecular weight is 219 g/mol. The number of pyridine rings is 1. The van der Waals surface area contributed by atoms with Crippen molar-refractivity contribution in [3.05, 3.63) is 28.5 Å². The number of aromatic nitrogens is 1. The van der Waals surface area contributed by atoms with Gasteiger partial charge in [0.15, 0.2) is 0 Å². The summed E-state index contributed by atoms with van der Waals surface area (Å²) >= 11 is 3.15. The van der Waals surface area contributed by atoms with Gasteiger partial charge in [0.05, 0.1) is 0 Å². The van der Waals surface area contributed by atoms with Crippen LogP contribution < -0.4 is 5.73 Å². The lowest BCUT2D eigenvalue weighted by Gasteiger charge is -2.03. The van der Waals surface area contributed by atoms with Gasteiger partial charge in [-0.25, -0.2) is 9.37 Å². The van der Waals surface area contributed by atoms with Crippen LogP contribution in [0, 0.1) is 0 Å². The van der Waals surface area contributed by atoms with Gasteiger partial charge in [-0.15, -0.1) is 0 Å². The Balaban J connectivity index is 2.81. The summed E-state index contributed by atoms with van der Waals surface area (Å²) in [6, 6.07) is 3.35. The summed E-state index contributed by atoms with van der Waals surface area (Å²) in [7, 11) is 0. The number of rotatable bonds is 2. The molecule has 0 aromatic carbocycles. The second-order valence-corrected chi connectivity index (χ2v) is 2.93. The zero-order valence-corrected chi connectivity index (χ0v) is 7.38. The molecule has 0 aliphatic heterocycles. The third-order valence-electron chi connectivity index (χ3n) is 1.32. The Morgan fingerprint density at radius 2 is 2.36 bits per heavy atom. The van der Waals surface area contributed by atoms with Crippen LogP contribution >= 0.6 is 15.9 Å². The van der Waals surface area contributed by atoms with Gasteiger partial charge in [0, 0.05) is 18.3 Å². The van der Waals surface area contributed by atoms with Crippen molar-refractivity contribution in [1.29, 1.82) is 0 Å². The molecule has 1 rings (SSSR count). The lowest BCUT2D eigenvalue weighted by molar-refractivity contribution is 0.352. The zero-order chi connectivity index (χ0) is 8.27. The molecule has 0 fully saturated rings. The molecule has 2 nitrogen and oxygen atoms in total. The van der Waals surface area contributed by atoms with E-state index in [1.807, 2.05) is 0 Å². The van der Waals surface area contributed by atoms with Crippen LogP contribution in [-0.2, 0) is 0 Å². The predicted octanol–water partition coefficient (Wildman–Crippen LogP) is 1.81. The minimum Gasteiger partial charge on any atom is -0.327 e. The minimum atomic E-state index is -1.10. The van der Waals surface area contributed by atoms with Crippen molar-refractivity contribution in [3.8, 4) is 0 Å². The molecule has 4 heteroatoms. The number of halogens is 2. The molecule has 0 saturated carbocycles. The molecule has 11 heavy (non-hydrogen) atoms. The molecule has 1 atom stereocenters. The summed E-state index contributed by atoms with van der Waals surface area (Å²) in [4.78, 5) is 3.87. The van der Waals surface area contributed by atoms with Gasteiger partial charge >= 0.3 is 0 Å². The number of alkyl halides is 1. The van der Waals surface area contributed by atoms with Crippen LogP contribution in [0.1, 0.15) is 11.7 Å². The Morgan fingerprint density at radius 1 is 1.64 bits per heavy atom. The van der Waals surface area contributed by atoms with Gasteiger partial charge in [-0.05, 0) is 22.0 Å². The molecule has 2 N–H and O–H groups in total. The number of nitrogens with zero attached hydrogens (tertiary/aromatic N) is 1. The molecule has 0 saturated heterocycles. The highest BCUT2D eigenvalue weighted by Crippen LogP contribution is 2.16. The van der Waals surface area contributed by atoms with Gasteiger partial charge in [-0.1, -0.05) is 6.07 Å². The van der Waals surface area contributed by atoms with Crippen LogP contribution in [0.2, 0.25) is 0 Å². The Labute approximate surface area is 72.8 Å². The van der Waals surface area contributed by atoms with Crippen LogP contribution in [0.4, 0.5) is 4.39 Å². The van der Waals surface area contributed by atoms with Crippen LogP contribution in [0.25, 0.3) is 0 Å². The van der Waals surface area contributed by atoms with Crippen molar-refractivity contribution in [2.45, 2.75) is 6.17 Å². The summed E-state index contributed by atoms with van der Waals surface area (Å²) in [6.45, 7) is 0.00329. The molecule has 1 unspecified atom stereocenters. The highest BCUT2D eigenvalue weighted by Gasteiger charge is 2.06. The zero-order valence-electron chi connectivity index (χ0n) is 5.80. The lowest BCUT2D eigenvalue weighted by atomic mass is 10.2. The quantitative estimate of drug-likeness (QED) is 0.770. The normalized spacial score (nSPS) is 13.0. The van der Waals surface area contributed by atoms with Crippen molar-refractivity contribution >= 4 is 15.9 Å². The molecule has 0 aliphatic rings. The highest BCUT2D eigenvalue weighted by atomic mass is 79.9. The molecule has 0 aliphatic carbocycles. The largest absolute Gasteiger partial charge is 0.327 e. The fourth-order valence-corrected chi connectivity index (χ4v) is 0.943. The van der Waals surface area contributed by atoms with Crippen molar-refractivity contribution < 1.29 is 4.39 Å². The van der Waals surface area contributed by atoms with Crippen LogP contribution in [0.15, 0.2) is 22.9 Å². The maximum atomic E-state index is 12.8. The van der Waals surface area contributed by atoms with Gasteiger partial charge < -0.3 is 5.73 Å². The first-order chi connectivity index (χ1) is 5.24. The number of hydrogen-bond donors (Lipinski definition) is 1. The van der Waals surface area contributed by atoms with Gasteiger partial charge in [0.1, 0.15) is 10.8 Å². The topological polar surface area (TPSA) is 38.9 Å². The average Bonchev–Trinajstić information content (AvgIpc) is 2.05. The second kappa shape index (κ2) is 3.78. The van der Waals surface area contributed by atoms with E-state index in [0.29, 0.717) is 10.2 Å². The predicted molar refractivity (Wildman–Crippen MR) is 44.8 cm³/mol. The molecule has 0 spiro atoms. The molecule has 1 heterocycles. The third-order valence-corrected chi connectivity index (χ3v) is 1.79. The molecule has 60 valence electrons. The van der Waals surface area contributed by atoms with E-state index in [2.05, 4.69) is 20.9 Å². The van der Waals surface area contributed by atoms with Crippen LogP contribution in [0.3, 0.4) is 0 Å². The van der Waals surface area contributed by atoms with Crippen molar-refractivity contribution in [2.75, 3.05) is 6.54 Å². The fraction of sp³-hybridized carbons (Fsp3) is 0.286. The van der Waals surface area contributed by atoms with E-state index in [1.165, 1.54) is 6.20 Å². The minimum absolute atomic E-state index is 0.00329. The Kier molecular flexibility index (Phi) is 2.96. The summed E-state index contributed by atoms with van der Waals surface area (Å²) in [5, 5.41) is 0. The highest BCUT2D eigenvalue weighted by molar-refractivity contribution is 9.10. The SMILES string of the molecule is NCC(F)c1ccc(Br)nc1. The van der Waals surface area contributed by atoms with E-state index in [0.717, 1.165) is 0 Å². The number of nitrogens with two attached hydrogens (primary N) is 1. The van der Waals surface area contributed by atoms with E-state index < -0.39 is 6.17 Å². The first kappa shape index (κ1) is 8.62. The van der Waals surface area contributed by atoms with E-state index in [9.17, 15) is 4.39 Å². The number of hydrogen-bond acceptors (Lipinski definition) is 2. The maximum Gasteiger partial charge on any atom is 0.139 e. The summed E-state index contributed by atoms with van der Waals surface area (Å²) in [6.07, 6.45) is 0.373. The monoisotopic (exact) mass is 218 g/mol. The van der Waals surface area contributed by atoms with E-state index in [-0.39, 0.29) is 6.54 Å². The van der Waals surface area contributed by atoms with Crippen molar-refractivity contribution in [1.82, 2.24) is 4.98 Å². The standard InChI is InChI=1S/C7H8BrFN2/c8-7-2-1-5(4-11-7)6(9)3-10/h1-2,4,6H,3,10H2. The lowest BCUT2D eigenvalue weighted by Crippen LogP contribution is -2.07. The Morgan fingerprint density at radius 3 is 2.82 bits per heavy atom. The summed E-state index contributed by atoms with van der Waals surface area (Å²) < 4.78 is 13.5. The van der Waals surface area contributed by atoms with Gasteiger partial charge in [0.25, 0.3) is 0 Å². The van der Waals surface area contributed by atoms with Gasteiger partial charge in [0.2, 0.25) is 0 Å². The summed E-state index contributed by atoms with van der Waals surface area (Å²) in [5.41, 5.74) is 5.65. The molecular formula is C7H8BrFN2. The smallest absolute Gasteiger partial charge is 0.139 e. The third kappa shape index (κ3) is 2.24. The van der Waals surface area contributed by atoms with Gasteiger partial charge in [-0.3, -0.25) is 0 Å². The molecule has 0 radical (unpaired) electrons.